The second-order valence-corrected chi connectivity index (χ2v) is 7.35. The van der Waals surface area contributed by atoms with E-state index in [0.717, 1.165) is 25.7 Å². The van der Waals surface area contributed by atoms with E-state index in [2.05, 4.69) is 53.7 Å². The summed E-state index contributed by atoms with van der Waals surface area (Å²) in [6.45, 7) is 16.1. The van der Waals surface area contributed by atoms with Gasteiger partial charge in [0, 0.05) is 13.8 Å². The minimum Gasteiger partial charge on any atom is -0.462 e. The lowest BCUT2D eigenvalue weighted by atomic mass is 10.1. The fourth-order valence-corrected chi connectivity index (χ4v) is 1.98. The highest BCUT2D eigenvalue weighted by atomic mass is 16.5. The van der Waals surface area contributed by atoms with Crippen molar-refractivity contribution in [1.82, 2.24) is 0 Å². The Morgan fingerprint density at radius 2 is 0.893 bits per heavy atom. The van der Waals surface area contributed by atoms with Crippen LogP contribution in [0.15, 0.2) is 46.6 Å². The lowest BCUT2D eigenvalue weighted by Crippen LogP contribution is -1.98. The molecule has 160 valence electrons. The largest absolute Gasteiger partial charge is 0.462 e. The zero-order valence-corrected chi connectivity index (χ0v) is 19.2. The first kappa shape index (κ1) is 28.1. The highest BCUT2D eigenvalue weighted by molar-refractivity contribution is 5.66. The third-order valence-electron chi connectivity index (χ3n) is 3.62. The molecule has 0 aromatic carbocycles. The van der Waals surface area contributed by atoms with Crippen molar-refractivity contribution < 1.29 is 19.1 Å². The van der Waals surface area contributed by atoms with Crippen LogP contribution in [0.25, 0.3) is 0 Å². The van der Waals surface area contributed by atoms with Crippen LogP contribution in [-0.4, -0.2) is 25.2 Å². The van der Waals surface area contributed by atoms with E-state index in [1.807, 2.05) is 12.2 Å². The molecule has 0 aliphatic rings. The average molecular weight is 393 g/mol. The monoisotopic (exact) mass is 392 g/mol. The van der Waals surface area contributed by atoms with Crippen LogP contribution in [0.3, 0.4) is 0 Å². The van der Waals surface area contributed by atoms with Crippen molar-refractivity contribution in [2.45, 2.75) is 81.1 Å². The molecule has 0 saturated heterocycles. The average Bonchev–Trinajstić information content (AvgIpc) is 2.54. The van der Waals surface area contributed by atoms with Gasteiger partial charge in [-0.3, -0.25) is 9.59 Å². The number of rotatable bonds is 10. The van der Waals surface area contributed by atoms with E-state index in [1.165, 1.54) is 36.1 Å². The predicted octanol–water partition coefficient (Wildman–Crippen LogP) is 6.48. The van der Waals surface area contributed by atoms with Crippen LogP contribution < -0.4 is 0 Å². The minimum absolute atomic E-state index is 0.224. The lowest BCUT2D eigenvalue weighted by molar-refractivity contribution is -0.140. The van der Waals surface area contributed by atoms with Crippen molar-refractivity contribution in [1.29, 1.82) is 0 Å². The molecular weight excluding hydrogens is 352 g/mol. The molecule has 0 saturated carbocycles. The number of hydrogen-bond acceptors (Lipinski definition) is 4. The summed E-state index contributed by atoms with van der Waals surface area (Å²) in [5.74, 6) is -0.448. The second-order valence-electron chi connectivity index (χ2n) is 7.35. The van der Waals surface area contributed by atoms with Gasteiger partial charge in [-0.15, -0.1) is 0 Å². The van der Waals surface area contributed by atoms with Crippen molar-refractivity contribution >= 4 is 11.9 Å². The van der Waals surface area contributed by atoms with Crippen LogP contribution in [0.4, 0.5) is 0 Å². The van der Waals surface area contributed by atoms with E-state index in [9.17, 15) is 9.59 Å². The van der Waals surface area contributed by atoms with E-state index in [1.54, 1.807) is 0 Å². The fourth-order valence-electron chi connectivity index (χ4n) is 1.98. The summed E-state index contributed by atoms with van der Waals surface area (Å²) in [5.41, 5.74) is 5.23. The van der Waals surface area contributed by atoms with E-state index in [0.29, 0.717) is 13.2 Å². The van der Waals surface area contributed by atoms with Crippen LogP contribution in [0, 0.1) is 0 Å². The highest BCUT2D eigenvalue weighted by Gasteiger charge is 1.92. The molecule has 0 fully saturated rings. The molecule has 0 aliphatic heterocycles. The molecule has 0 bridgehead atoms. The van der Waals surface area contributed by atoms with E-state index < -0.39 is 0 Å². The lowest BCUT2D eigenvalue weighted by Gasteiger charge is -2.00. The standard InChI is InChI=1S/2C12H20O2/c2*1-10(2)6-5-7-11(3)8-9-14-12(4)13/h2*6,8H,5,7,9H2,1-4H3/b2*11-8+. The van der Waals surface area contributed by atoms with Crippen molar-refractivity contribution in [3.63, 3.8) is 0 Å². The van der Waals surface area contributed by atoms with Gasteiger partial charge in [-0.2, -0.15) is 0 Å². The molecule has 0 spiro atoms. The summed E-state index contributed by atoms with van der Waals surface area (Å²) in [5, 5.41) is 0. The number of esters is 2. The number of hydrogen-bond donors (Lipinski definition) is 0. The van der Waals surface area contributed by atoms with Crippen molar-refractivity contribution in [2.24, 2.45) is 0 Å². The van der Waals surface area contributed by atoms with Crippen molar-refractivity contribution in [2.75, 3.05) is 13.2 Å². The molecular formula is C24H40O4. The first-order valence-corrected chi connectivity index (χ1v) is 9.89. The Kier molecular flexibility index (Phi) is 18.3. The molecule has 0 heterocycles. The van der Waals surface area contributed by atoms with Crippen LogP contribution >= 0.6 is 0 Å². The van der Waals surface area contributed by atoms with Gasteiger partial charge in [0.05, 0.1) is 0 Å². The molecule has 0 aromatic rings. The summed E-state index contributed by atoms with van der Waals surface area (Å²) in [4.78, 5) is 20.9. The Labute approximate surface area is 172 Å². The minimum atomic E-state index is -0.224. The number of carbonyl (C=O) groups is 2. The smallest absolute Gasteiger partial charge is 0.302 e. The van der Waals surface area contributed by atoms with Crippen molar-refractivity contribution in [3.8, 4) is 0 Å². The number of carbonyl (C=O) groups excluding carboxylic acids is 2. The van der Waals surface area contributed by atoms with Gasteiger partial charge in [-0.1, -0.05) is 34.4 Å². The van der Waals surface area contributed by atoms with E-state index >= 15 is 0 Å². The van der Waals surface area contributed by atoms with E-state index in [-0.39, 0.29) is 11.9 Å². The maximum Gasteiger partial charge on any atom is 0.302 e. The maximum atomic E-state index is 10.5. The van der Waals surface area contributed by atoms with Gasteiger partial charge in [0.1, 0.15) is 13.2 Å². The Bertz CT molecular complexity index is 517. The van der Waals surface area contributed by atoms with E-state index in [4.69, 9.17) is 9.47 Å². The van der Waals surface area contributed by atoms with Crippen molar-refractivity contribution in [3.05, 3.63) is 46.6 Å². The third kappa shape index (κ3) is 26.1. The summed E-state index contributed by atoms with van der Waals surface area (Å²) < 4.78 is 9.62. The molecule has 0 atom stereocenters. The van der Waals surface area contributed by atoms with Gasteiger partial charge in [0.25, 0.3) is 0 Å². The Morgan fingerprint density at radius 3 is 1.14 bits per heavy atom. The molecule has 0 N–H and O–H groups in total. The molecule has 0 unspecified atom stereocenters. The summed E-state index contributed by atoms with van der Waals surface area (Å²) >= 11 is 0. The van der Waals surface area contributed by atoms with Crippen LogP contribution in [0.2, 0.25) is 0 Å². The molecule has 0 aromatic heterocycles. The predicted molar refractivity (Wildman–Crippen MR) is 118 cm³/mol. The second kappa shape index (κ2) is 18.3. The first-order valence-electron chi connectivity index (χ1n) is 9.89. The molecule has 4 nitrogen and oxygen atoms in total. The summed E-state index contributed by atoms with van der Waals surface area (Å²) in [7, 11) is 0. The summed E-state index contributed by atoms with van der Waals surface area (Å²) in [6, 6.07) is 0. The Hall–Kier alpha value is -2.10. The zero-order chi connectivity index (χ0) is 21.9. The quantitative estimate of drug-likeness (QED) is 0.315. The van der Waals surface area contributed by atoms with Gasteiger partial charge >= 0.3 is 11.9 Å². The molecule has 28 heavy (non-hydrogen) atoms. The first-order chi connectivity index (χ1) is 13.0. The number of allylic oxidation sites excluding steroid dienone is 6. The number of ether oxygens (including phenoxy) is 2. The normalized spacial score (nSPS) is 11.0. The zero-order valence-electron chi connectivity index (χ0n) is 19.2. The summed E-state index contributed by atoms with van der Waals surface area (Å²) in [6.07, 6.45) is 12.5. The molecule has 0 amide bonds. The molecule has 4 heteroatoms. The van der Waals surface area contributed by atoms with Crippen LogP contribution in [0.5, 0.6) is 0 Å². The Morgan fingerprint density at radius 1 is 0.571 bits per heavy atom. The van der Waals surface area contributed by atoms with Gasteiger partial charge < -0.3 is 9.47 Å². The SMILES string of the molecule is CC(=O)OC/C=C(\C)CCC=C(C)C.CC(=O)OC/C=C(\C)CCC=C(C)C. The Balaban J connectivity index is 0. The fraction of sp³-hybridized carbons (Fsp3) is 0.583. The van der Waals surface area contributed by atoms with Crippen LogP contribution in [-0.2, 0) is 19.1 Å². The highest BCUT2D eigenvalue weighted by Crippen LogP contribution is 2.07. The van der Waals surface area contributed by atoms with Gasteiger partial charge in [0.2, 0.25) is 0 Å². The van der Waals surface area contributed by atoms with Gasteiger partial charge in [-0.05, 0) is 79.4 Å². The topological polar surface area (TPSA) is 52.6 Å². The molecule has 0 radical (unpaired) electrons. The van der Waals surface area contributed by atoms with Gasteiger partial charge in [0.15, 0.2) is 0 Å². The molecule has 0 aliphatic carbocycles. The van der Waals surface area contributed by atoms with Gasteiger partial charge in [-0.25, -0.2) is 0 Å². The third-order valence-corrected chi connectivity index (χ3v) is 3.62. The molecule has 0 rings (SSSR count). The van der Waals surface area contributed by atoms with Crippen LogP contribution in [0.1, 0.15) is 81.1 Å². The maximum absolute atomic E-state index is 10.5.